The van der Waals surface area contributed by atoms with Gasteiger partial charge in [-0.3, -0.25) is 0 Å². The average molecular weight is 418 g/mol. The molecule has 2 aromatic carbocycles. The predicted octanol–water partition coefficient (Wildman–Crippen LogP) is 4.33. The van der Waals surface area contributed by atoms with Gasteiger partial charge in [0, 0.05) is 34.5 Å². The van der Waals surface area contributed by atoms with Gasteiger partial charge in [-0.15, -0.1) is 0 Å². The molecule has 1 aromatic heterocycles. The van der Waals surface area contributed by atoms with Gasteiger partial charge in [0.25, 0.3) is 0 Å². The summed E-state index contributed by atoms with van der Waals surface area (Å²) < 4.78 is 20.9. The van der Waals surface area contributed by atoms with Crippen molar-refractivity contribution < 1.29 is 14.0 Å². The molecule has 2 heterocycles. The molecule has 0 N–H and O–H groups in total. The topological polar surface area (TPSA) is 32.6 Å². The normalized spacial score (nSPS) is 18.5. The lowest BCUT2D eigenvalue weighted by molar-refractivity contribution is 0.00578. The van der Waals surface area contributed by atoms with Gasteiger partial charge in [-0.05, 0) is 65.1 Å². The minimum absolute atomic E-state index is 0.203. The molecule has 0 aliphatic carbocycles. The Kier molecular flexibility index (Phi) is 5.36. The molecule has 6 heteroatoms. The van der Waals surface area contributed by atoms with Crippen molar-refractivity contribution in [1.82, 2.24) is 4.57 Å². The summed E-state index contributed by atoms with van der Waals surface area (Å²) in [5.41, 5.74) is 3.57. The molecule has 1 radical (unpaired) electrons. The van der Waals surface area contributed by atoms with E-state index in [4.69, 9.17) is 14.0 Å². The third-order valence-electron chi connectivity index (χ3n) is 7.47. The maximum Gasteiger partial charge on any atom is 0.494 e. The summed E-state index contributed by atoms with van der Waals surface area (Å²) in [4.78, 5) is 0. The van der Waals surface area contributed by atoms with Gasteiger partial charge in [-0.1, -0.05) is 43.6 Å². The van der Waals surface area contributed by atoms with Crippen molar-refractivity contribution in [2.24, 2.45) is 13.0 Å². The highest BCUT2D eigenvalue weighted by Gasteiger charge is 2.51. The molecule has 1 aliphatic heterocycles. The second-order valence-electron chi connectivity index (χ2n) is 10.7. The van der Waals surface area contributed by atoms with Crippen LogP contribution in [0.3, 0.4) is 0 Å². The van der Waals surface area contributed by atoms with E-state index < -0.39 is 0 Å². The van der Waals surface area contributed by atoms with Crippen LogP contribution in [0.25, 0.3) is 21.8 Å². The first-order valence-corrected chi connectivity index (χ1v) is 11.2. The van der Waals surface area contributed by atoms with Crippen LogP contribution < -0.4 is 10.9 Å². The Morgan fingerprint density at radius 3 is 2.06 bits per heavy atom. The van der Waals surface area contributed by atoms with E-state index >= 15 is 0 Å². The molecule has 0 saturated carbocycles. The smallest absolute Gasteiger partial charge is 0.429 e. The van der Waals surface area contributed by atoms with Crippen molar-refractivity contribution >= 4 is 47.3 Å². The molecule has 1 fully saturated rings. The van der Waals surface area contributed by atoms with E-state index in [1.807, 2.05) is 7.48 Å². The summed E-state index contributed by atoms with van der Waals surface area (Å²) in [5, 5.41) is 2.46. The lowest BCUT2D eigenvalue weighted by Gasteiger charge is -2.32. The van der Waals surface area contributed by atoms with Gasteiger partial charge in [0.05, 0.1) is 11.2 Å². The monoisotopic (exact) mass is 418 g/mol. The van der Waals surface area contributed by atoms with Crippen LogP contribution in [0.5, 0.6) is 0 Å². The van der Waals surface area contributed by atoms with E-state index in [9.17, 15) is 0 Å². The summed E-state index contributed by atoms with van der Waals surface area (Å²) >= 11 is 0. The van der Waals surface area contributed by atoms with Crippen LogP contribution in [0.4, 0.5) is 0 Å². The minimum atomic E-state index is -0.358. The fourth-order valence-corrected chi connectivity index (χ4v) is 3.79. The van der Waals surface area contributed by atoms with E-state index in [0.717, 1.165) is 10.9 Å². The highest BCUT2D eigenvalue weighted by Crippen LogP contribution is 2.37. The predicted molar refractivity (Wildman–Crippen MR) is 132 cm³/mol. The third-order valence-corrected chi connectivity index (χ3v) is 7.47. The van der Waals surface area contributed by atoms with Crippen LogP contribution in [0.15, 0.2) is 36.4 Å². The zero-order valence-corrected chi connectivity index (χ0v) is 20.4. The second-order valence-corrected chi connectivity index (χ2v) is 10.7. The summed E-state index contributed by atoms with van der Waals surface area (Å²) in [6, 6.07) is 13.0. The summed E-state index contributed by atoms with van der Waals surface area (Å²) in [6.07, 6.45) is 0. The molecule has 31 heavy (non-hydrogen) atoms. The molecule has 0 spiro atoms. The summed E-state index contributed by atoms with van der Waals surface area (Å²) in [6.45, 7) is 17.0. The first-order valence-electron chi connectivity index (χ1n) is 11.2. The zero-order valence-electron chi connectivity index (χ0n) is 20.4. The number of hydrogen-bond donors (Lipinski definition) is 0. The number of aromatic nitrogens is 1. The van der Waals surface area contributed by atoms with E-state index in [-0.39, 0.29) is 23.9 Å². The van der Waals surface area contributed by atoms with Crippen molar-refractivity contribution in [1.29, 1.82) is 0 Å². The molecule has 1 saturated heterocycles. The number of benzene rings is 2. The molecule has 1 aliphatic rings. The van der Waals surface area contributed by atoms with Gasteiger partial charge in [0.15, 0.2) is 0 Å². The highest BCUT2D eigenvalue weighted by atomic mass is 16.7. The maximum absolute atomic E-state index is 6.26. The van der Waals surface area contributed by atoms with Crippen LogP contribution >= 0.6 is 0 Å². The average Bonchev–Trinajstić information content (AvgIpc) is 3.09. The largest absolute Gasteiger partial charge is 0.494 e. The quantitative estimate of drug-likeness (QED) is 0.579. The Morgan fingerprint density at radius 2 is 1.48 bits per heavy atom. The Labute approximate surface area is 187 Å². The van der Waals surface area contributed by atoms with Crippen LogP contribution in [0.1, 0.15) is 55.4 Å². The van der Waals surface area contributed by atoms with E-state index in [1.54, 1.807) is 0 Å². The lowest BCUT2D eigenvalue weighted by atomic mass is 9.78. The van der Waals surface area contributed by atoms with Gasteiger partial charge < -0.3 is 18.5 Å². The van der Waals surface area contributed by atoms with E-state index in [2.05, 4.69) is 103 Å². The molecule has 4 nitrogen and oxygen atoms in total. The van der Waals surface area contributed by atoms with Crippen molar-refractivity contribution in [3.63, 3.8) is 0 Å². The van der Waals surface area contributed by atoms with Crippen molar-refractivity contribution in [2.75, 3.05) is 0 Å². The van der Waals surface area contributed by atoms with Crippen LogP contribution in [0, 0.1) is 5.92 Å². The fourth-order valence-electron chi connectivity index (χ4n) is 3.79. The Bertz CT molecular complexity index is 1110. The standard InChI is InChI=1S/C25H34B2NO3/c1-16(2)23(3,4)29-26-17-10-12-19-20-13-11-18(15-22(20)28(9)21(19)14-17)27-30-24(5,6)25(7,8)31-27/h10-16H,1-9H3. The van der Waals surface area contributed by atoms with Crippen molar-refractivity contribution in [3.8, 4) is 0 Å². The molecule has 0 atom stereocenters. The van der Waals surface area contributed by atoms with Gasteiger partial charge >= 0.3 is 14.6 Å². The Hall–Kier alpha value is -1.75. The molecule has 4 rings (SSSR count). The molecule has 0 unspecified atom stereocenters. The number of nitrogens with zero attached hydrogens (tertiary/aromatic N) is 1. The SMILES string of the molecule is CC(C)C(C)(C)O[B]c1ccc2c3ccc(B4OC(C)(C)C(C)(C)O4)cc3n(C)c2c1. The van der Waals surface area contributed by atoms with Gasteiger partial charge in [-0.25, -0.2) is 0 Å². The van der Waals surface area contributed by atoms with Crippen LogP contribution in [0.2, 0.25) is 0 Å². The number of fused-ring (bicyclic) bond motifs is 3. The second kappa shape index (κ2) is 7.40. The minimum Gasteiger partial charge on any atom is -0.429 e. The first-order chi connectivity index (χ1) is 14.3. The van der Waals surface area contributed by atoms with E-state index in [1.165, 1.54) is 21.8 Å². The van der Waals surface area contributed by atoms with Crippen LogP contribution in [-0.2, 0) is 21.0 Å². The fraction of sp³-hybridized carbons (Fsp3) is 0.520. The summed E-state index contributed by atoms with van der Waals surface area (Å²) in [7, 11) is 3.64. The maximum atomic E-state index is 6.26. The lowest BCUT2D eigenvalue weighted by Crippen LogP contribution is -2.41. The number of aryl methyl sites for hydroxylation is 1. The van der Waals surface area contributed by atoms with Gasteiger partial charge in [-0.2, -0.15) is 0 Å². The van der Waals surface area contributed by atoms with Gasteiger partial charge in [0.1, 0.15) is 0 Å². The van der Waals surface area contributed by atoms with E-state index in [0.29, 0.717) is 5.92 Å². The Balaban J connectivity index is 1.68. The molecular weight excluding hydrogens is 384 g/mol. The molecule has 3 aromatic rings. The summed E-state index contributed by atoms with van der Waals surface area (Å²) in [5.74, 6) is 0.429. The molecule has 0 amide bonds. The van der Waals surface area contributed by atoms with Crippen LogP contribution in [-0.4, -0.2) is 36.0 Å². The number of hydrogen-bond acceptors (Lipinski definition) is 3. The Morgan fingerprint density at radius 1 is 0.935 bits per heavy atom. The molecule has 163 valence electrons. The zero-order chi connectivity index (χ0) is 22.8. The third kappa shape index (κ3) is 3.83. The van der Waals surface area contributed by atoms with Crippen molar-refractivity contribution in [2.45, 2.75) is 72.2 Å². The number of rotatable bonds is 5. The van der Waals surface area contributed by atoms with Crippen molar-refractivity contribution in [3.05, 3.63) is 36.4 Å². The molecular formula is C25H34B2NO3. The molecule has 0 bridgehead atoms. The van der Waals surface area contributed by atoms with Gasteiger partial charge in [0.2, 0.25) is 0 Å². The first kappa shape index (κ1) is 22.4. The highest BCUT2D eigenvalue weighted by molar-refractivity contribution is 6.62.